The summed E-state index contributed by atoms with van der Waals surface area (Å²) in [5.41, 5.74) is 0. The molecule has 3 rings (SSSR count). The van der Waals surface area contributed by atoms with Crippen LogP contribution in [-0.4, -0.2) is 29.1 Å². The minimum Gasteiger partial charge on any atom is -0.481 e. The molecule has 0 amide bonds. The molecule has 0 spiro atoms. The van der Waals surface area contributed by atoms with Crippen molar-refractivity contribution in [2.45, 2.75) is 25.3 Å². The normalized spacial score (nSPS) is 23.3. The quantitative estimate of drug-likeness (QED) is 0.874. The lowest BCUT2D eigenvalue weighted by Crippen LogP contribution is -2.49. The minimum absolute atomic E-state index is 0.332. The Morgan fingerprint density at radius 3 is 2.82 bits per heavy atom. The fraction of sp³-hybridized carbons (Fsp3) is 0.615. The number of aliphatic carboxylic acids is 1. The Bertz CT molecular complexity index is 394. The molecule has 1 aliphatic heterocycles. The van der Waals surface area contributed by atoms with Crippen molar-refractivity contribution in [1.29, 1.82) is 0 Å². The molecule has 17 heavy (non-hydrogen) atoms. The molecule has 1 saturated carbocycles. The van der Waals surface area contributed by atoms with Crippen molar-refractivity contribution in [3.8, 4) is 0 Å². The standard InChI is InChI=1S/C13H17NO2S/c15-12(16)6-9-7-14(8-9)13(10-3-4-10)11-2-1-5-17-11/h1-2,5,9-10,13H,3-4,6-8H2,(H,15,16). The number of carboxylic acids is 1. The highest BCUT2D eigenvalue weighted by Gasteiger charge is 2.42. The molecule has 0 bridgehead atoms. The molecular formula is C13H17NO2S. The second-order valence-corrected chi connectivity index (χ2v) is 6.19. The molecule has 1 aliphatic carbocycles. The lowest BCUT2D eigenvalue weighted by atomic mass is 9.92. The SMILES string of the molecule is O=C(O)CC1CN(C(c2cccs2)C2CC2)C1. The van der Waals surface area contributed by atoms with Crippen molar-refractivity contribution >= 4 is 17.3 Å². The Morgan fingerprint density at radius 1 is 1.53 bits per heavy atom. The van der Waals surface area contributed by atoms with Crippen molar-refractivity contribution in [2.75, 3.05) is 13.1 Å². The van der Waals surface area contributed by atoms with Gasteiger partial charge in [-0.15, -0.1) is 11.3 Å². The fourth-order valence-electron chi connectivity index (χ4n) is 2.79. The molecule has 1 saturated heterocycles. The molecule has 1 aromatic heterocycles. The summed E-state index contributed by atoms with van der Waals surface area (Å²) in [6.45, 7) is 1.93. The topological polar surface area (TPSA) is 40.5 Å². The van der Waals surface area contributed by atoms with Gasteiger partial charge in [-0.25, -0.2) is 0 Å². The highest BCUT2D eigenvalue weighted by molar-refractivity contribution is 7.10. The maximum absolute atomic E-state index is 10.6. The van der Waals surface area contributed by atoms with E-state index in [-0.39, 0.29) is 0 Å². The first-order valence-corrected chi connectivity index (χ1v) is 7.11. The molecule has 92 valence electrons. The molecular weight excluding hydrogens is 234 g/mol. The summed E-state index contributed by atoms with van der Waals surface area (Å²) in [5.74, 6) is 0.530. The zero-order chi connectivity index (χ0) is 11.8. The Kier molecular flexibility index (Phi) is 2.92. The van der Waals surface area contributed by atoms with E-state index in [0.717, 1.165) is 19.0 Å². The monoisotopic (exact) mass is 251 g/mol. The second kappa shape index (κ2) is 4.42. The number of thiophene rings is 1. The van der Waals surface area contributed by atoms with Crippen LogP contribution < -0.4 is 0 Å². The van der Waals surface area contributed by atoms with Crippen LogP contribution in [0.5, 0.6) is 0 Å². The maximum atomic E-state index is 10.6. The predicted molar refractivity (Wildman–Crippen MR) is 67.1 cm³/mol. The summed E-state index contributed by atoms with van der Waals surface area (Å²) in [5, 5.41) is 10.9. The van der Waals surface area contributed by atoms with Crippen LogP contribution in [0.25, 0.3) is 0 Å². The van der Waals surface area contributed by atoms with Crippen LogP contribution >= 0.6 is 11.3 Å². The van der Waals surface area contributed by atoms with Crippen LogP contribution in [0.2, 0.25) is 0 Å². The summed E-state index contributed by atoms with van der Waals surface area (Å²) in [6, 6.07) is 4.90. The molecule has 1 N–H and O–H groups in total. The average molecular weight is 251 g/mol. The van der Waals surface area contributed by atoms with E-state index in [0.29, 0.717) is 18.4 Å². The largest absolute Gasteiger partial charge is 0.481 e. The van der Waals surface area contributed by atoms with E-state index < -0.39 is 5.97 Å². The third-order valence-electron chi connectivity index (χ3n) is 3.75. The van der Waals surface area contributed by atoms with Gasteiger partial charge in [-0.3, -0.25) is 9.69 Å². The van der Waals surface area contributed by atoms with E-state index in [1.54, 1.807) is 0 Å². The van der Waals surface area contributed by atoms with E-state index in [1.165, 1.54) is 17.7 Å². The molecule has 0 radical (unpaired) electrons. The molecule has 2 fully saturated rings. The third kappa shape index (κ3) is 2.38. The fourth-order valence-corrected chi connectivity index (χ4v) is 3.75. The highest BCUT2D eigenvalue weighted by atomic mass is 32.1. The summed E-state index contributed by atoms with van der Waals surface area (Å²) in [6.07, 6.45) is 3.00. The van der Waals surface area contributed by atoms with Crippen molar-refractivity contribution in [2.24, 2.45) is 11.8 Å². The van der Waals surface area contributed by atoms with E-state index >= 15 is 0 Å². The summed E-state index contributed by atoms with van der Waals surface area (Å²) in [4.78, 5) is 14.6. The molecule has 1 atom stereocenters. The first-order valence-electron chi connectivity index (χ1n) is 6.23. The van der Waals surface area contributed by atoms with E-state index in [2.05, 4.69) is 22.4 Å². The van der Waals surface area contributed by atoms with Crippen LogP contribution in [0.3, 0.4) is 0 Å². The van der Waals surface area contributed by atoms with Gasteiger partial charge in [0.2, 0.25) is 0 Å². The Balaban J connectivity index is 1.61. The average Bonchev–Trinajstić information content (AvgIpc) is 2.90. The number of nitrogens with zero attached hydrogens (tertiary/aromatic N) is 1. The van der Waals surface area contributed by atoms with Crippen LogP contribution in [0.1, 0.15) is 30.2 Å². The number of carbonyl (C=O) groups is 1. The first-order chi connectivity index (χ1) is 8.24. The van der Waals surface area contributed by atoms with Gasteiger partial charge in [0.1, 0.15) is 0 Å². The Hall–Kier alpha value is -0.870. The Morgan fingerprint density at radius 2 is 2.29 bits per heavy atom. The summed E-state index contributed by atoms with van der Waals surface area (Å²) in [7, 11) is 0. The summed E-state index contributed by atoms with van der Waals surface area (Å²) < 4.78 is 0. The van der Waals surface area contributed by atoms with Crippen LogP contribution in [0.15, 0.2) is 17.5 Å². The lowest BCUT2D eigenvalue weighted by molar-refractivity contribution is -0.140. The zero-order valence-corrected chi connectivity index (χ0v) is 10.5. The van der Waals surface area contributed by atoms with Gasteiger partial charge in [0.25, 0.3) is 0 Å². The van der Waals surface area contributed by atoms with Gasteiger partial charge in [0.15, 0.2) is 0 Å². The van der Waals surface area contributed by atoms with Gasteiger partial charge in [0, 0.05) is 24.0 Å². The Labute approximate surface area is 105 Å². The molecule has 1 unspecified atom stereocenters. The van der Waals surface area contributed by atoms with Crippen LogP contribution in [0, 0.1) is 11.8 Å². The van der Waals surface area contributed by atoms with E-state index in [1.807, 2.05) is 11.3 Å². The van der Waals surface area contributed by atoms with Crippen LogP contribution in [0.4, 0.5) is 0 Å². The molecule has 4 heteroatoms. The number of carboxylic acid groups (broad SMARTS) is 1. The molecule has 1 aromatic rings. The molecule has 2 heterocycles. The van der Waals surface area contributed by atoms with Gasteiger partial charge >= 0.3 is 5.97 Å². The lowest BCUT2D eigenvalue weighted by Gasteiger charge is -2.44. The van der Waals surface area contributed by atoms with Crippen LogP contribution in [-0.2, 0) is 4.79 Å². The van der Waals surface area contributed by atoms with Gasteiger partial charge in [0.05, 0.1) is 6.42 Å². The van der Waals surface area contributed by atoms with Gasteiger partial charge in [-0.1, -0.05) is 6.07 Å². The molecule has 3 nitrogen and oxygen atoms in total. The van der Waals surface area contributed by atoms with Gasteiger partial charge in [-0.05, 0) is 36.1 Å². The predicted octanol–water partition coefficient (Wildman–Crippen LogP) is 2.61. The second-order valence-electron chi connectivity index (χ2n) is 5.22. The number of hydrogen-bond acceptors (Lipinski definition) is 3. The number of likely N-dealkylation sites (tertiary alicyclic amines) is 1. The minimum atomic E-state index is -0.659. The maximum Gasteiger partial charge on any atom is 0.303 e. The van der Waals surface area contributed by atoms with Crippen molar-refractivity contribution in [1.82, 2.24) is 4.90 Å². The molecule has 2 aliphatic rings. The van der Waals surface area contributed by atoms with Crippen molar-refractivity contribution in [3.63, 3.8) is 0 Å². The summed E-state index contributed by atoms with van der Waals surface area (Å²) >= 11 is 1.83. The van der Waals surface area contributed by atoms with E-state index in [9.17, 15) is 4.79 Å². The number of rotatable bonds is 5. The smallest absolute Gasteiger partial charge is 0.303 e. The zero-order valence-electron chi connectivity index (χ0n) is 9.71. The highest BCUT2D eigenvalue weighted by Crippen LogP contribution is 2.48. The molecule has 0 aromatic carbocycles. The van der Waals surface area contributed by atoms with E-state index in [4.69, 9.17) is 5.11 Å². The van der Waals surface area contributed by atoms with Gasteiger partial charge < -0.3 is 5.11 Å². The first kappa shape index (κ1) is 11.2. The van der Waals surface area contributed by atoms with Crippen molar-refractivity contribution in [3.05, 3.63) is 22.4 Å². The third-order valence-corrected chi connectivity index (χ3v) is 4.69. The van der Waals surface area contributed by atoms with Crippen molar-refractivity contribution < 1.29 is 9.90 Å². The van der Waals surface area contributed by atoms with Gasteiger partial charge in [-0.2, -0.15) is 0 Å². The number of hydrogen-bond donors (Lipinski definition) is 1.